The maximum absolute atomic E-state index is 12.9. The van der Waals surface area contributed by atoms with Gasteiger partial charge in [0.25, 0.3) is 10.0 Å². The zero-order valence-electron chi connectivity index (χ0n) is 13.3. The van der Waals surface area contributed by atoms with Crippen LogP contribution in [0.2, 0.25) is 0 Å². The number of aromatic nitrogens is 1. The van der Waals surface area contributed by atoms with Gasteiger partial charge in [-0.25, -0.2) is 17.2 Å². The van der Waals surface area contributed by atoms with E-state index in [1.54, 1.807) is 48.5 Å². The molecule has 3 rings (SSSR count). The Morgan fingerprint density at radius 2 is 1.67 bits per heavy atom. The average Bonchev–Trinajstić information content (AvgIpc) is 2.95. The van der Waals surface area contributed by atoms with Gasteiger partial charge in [0.2, 0.25) is 0 Å². The molecule has 6 heteroatoms. The molecule has 0 aliphatic carbocycles. The topological polar surface area (TPSA) is 76.4 Å². The number of carbonyl (C=O) groups is 1. The van der Waals surface area contributed by atoms with Gasteiger partial charge in [0.1, 0.15) is 0 Å². The third-order valence-corrected chi connectivity index (χ3v) is 5.70. The fraction of sp³-hybridized carbons (Fsp3) is 0.167. The molecule has 3 aromatic rings. The van der Waals surface area contributed by atoms with E-state index < -0.39 is 16.0 Å². The zero-order valence-corrected chi connectivity index (χ0v) is 14.1. The summed E-state index contributed by atoms with van der Waals surface area (Å²) in [6, 6.07) is 13.2. The van der Waals surface area contributed by atoms with Crippen molar-refractivity contribution in [3.8, 4) is 0 Å². The molecular weight excluding hydrogens is 326 g/mol. The summed E-state index contributed by atoms with van der Waals surface area (Å²) in [6.45, 7) is 4.06. The molecule has 0 atom stereocenters. The van der Waals surface area contributed by atoms with E-state index in [-0.39, 0.29) is 10.5 Å². The lowest BCUT2D eigenvalue weighted by molar-refractivity contribution is 0.0699. The van der Waals surface area contributed by atoms with E-state index in [1.807, 2.05) is 13.8 Å². The second kappa shape index (κ2) is 5.79. The van der Waals surface area contributed by atoms with Gasteiger partial charge in [0, 0.05) is 11.6 Å². The number of carboxylic acid groups (broad SMARTS) is 1. The Balaban J connectivity index is 2.20. The highest BCUT2D eigenvalue weighted by atomic mass is 32.2. The van der Waals surface area contributed by atoms with Gasteiger partial charge in [0.05, 0.1) is 16.0 Å². The fourth-order valence-electron chi connectivity index (χ4n) is 2.66. The van der Waals surface area contributed by atoms with E-state index in [0.717, 1.165) is 9.54 Å². The van der Waals surface area contributed by atoms with Crippen LogP contribution in [-0.4, -0.2) is 23.5 Å². The van der Waals surface area contributed by atoms with Crippen LogP contribution in [-0.2, 0) is 10.0 Å². The molecule has 0 unspecified atom stereocenters. The first-order valence-electron chi connectivity index (χ1n) is 7.51. The van der Waals surface area contributed by atoms with Crippen molar-refractivity contribution in [3.05, 3.63) is 65.9 Å². The molecule has 1 N–H and O–H groups in total. The molecule has 0 bridgehead atoms. The van der Waals surface area contributed by atoms with Gasteiger partial charge in [0.15, 0.2) is 0 Å². The van der Waals surface area contributed by atoms with Gasteiger partial charge in [-0.2, -0.15) is 0 Å². The number of hydrogen-bond donors (Lipinski definition) is 1. The molecule has 24 heavy (non-hydrogen) atoms. The lowest BCUT2D eigenvalue weighted by atomic mass is 10.0. The minimum atomic E-state index is -3.87. The van der Waals surface area contributed by atoms with E-state index in [2.05, 4.69) is 0 Å². The monoisotopic (exact) mass is 343 g/mol. The van der Waals surface area contributed by atoms with Gasteiger partial charge >= 0.3 is 5.97 Å². The Morgan fingerprint density at radius 1 is 1.04 bits per heavy atom. The van der Waals surface area contributed by atoms with Crippen molar-refractivity contribution in [2.24, 2.45) is 0 Å². The summed E-state index contributed by atoms with van der Waals surface area (Å²) in [4.78, 5) is 11.5. The molecule has 0 aliphatic heterocycles. The average molecular weight is 343 g/mol. The van der Waals surface area contributed by atoms with E-state index in [0.29, 0.717) is 16.8 Å². The molecule has 0 fully saturated rings. The van der Waals surface area contributed by atoms with Crippen molar-refractivity contribution in [2.75, 3.05) is 0 Å². The lowest BCUT2D eigenvalue weighted by Gasteiger charge is -2.10. The van der Waals surface area contributed by atoms with Crippen LogP contribution < -0.4 is 0 Å². The number of aromatic carboxylic acids is 1. The summed E-state index contributed by atoms with van der Waals surface area (Å²) in [5, 5.41) is 9.72. The third kappa shape index (κ3) is 2.59. The van der Waals surface area contributed by atoms with Gasteiger partial charge in [-0.3, -0.25) is 0 Å². The van der Waals surface area contributed by atoms with Crippen LogP contribution >= 0.6 is 0 Å². The minimum absolute atomic E-state index is 0.0343. The normalized spacial score (nSPS) is 12.0. The quantitative estimate of drug-likeness (QED) is 0.783. The van der Waals surface area contributed by atoms with E-state index in [9.17, 15) is 18.3 Å². The first-order valence-corrected chi connectivity index (χ1v) is 8.95. The van der Waals surface area contributed by atoms with Gasteiger partial charge in [-0.1, -0.05) is 44.2 Å². The highest BCUT2D eigenvalue weighted by molar-refractivity contribution is 7.90. The Kier molecular flexibility index (Phi) is 3.93. The maximum atomic E-state index is 12.9. The van der Waals surface area contributed by atoms with Crippen LogP contribution in [0.15, 0.2) is 59.6 Å². The summed E-state index contributed by atoms with van der Waals surface area (Å²) in [7, 11) is -3.87. The molecule has 124 valence electrons. The molecule has 0 radical (unpaired) electrons. The number of fused-ring (bicyclic) bond motifs is 1. The summed E-state index contributed by atoms with van der Waals surface area (Å²) < 4.78 is 26.9. The lowest BCUT2D eigenvalue weighted by Crippen LogP contribution is -2.12. The minimum Gasteiger partial charge on any atom is -0.478 e. The Labute approximate surface area is 140 Å². The van der Waals surface area contributed by atoms with Gasteiger partial charge in [-0.15, -0.1) is 0 Å². The molecule has 0 aliphatic rings. The number of para-hydroxylation sites is 1. The van der Waals surface area contributed by atoms with E-state index in [4.69, 9.17) is 0 Å². The van der Waals surface area contributed by atoms with Crippen molar-refractivity contribution in [1.82, 2.24) is 3.97 Å². The molecule has 1 aromatic heterocycles. The summed E-state index contributed by atoms with van der Waals surface area (Å²) >= 11 is 0. The zero-order chi connectivity index (χ0) is 17.5. The molecule has 0 amide bonds. The van der Waals surface area contributed by atoms with E-state index >= 15 is 0 Å². The van der Waals surface area contributed by atoms with Crippen LogP contribution in [0.25, 0.3) is 10.9 Å². The van der Waals surface area contributed by atoms with Crippen molar-refractivity contribution < 1.29 is 18.3 Å². The number of nitrogens with zero attached hydrogens (tertiary/aromatic N) is 1. The van der Waals surface area contributed by atoms with E-state index in [1.165, 1.54) is 6.20 Å². The maximum Gasteiger partial charge on any atom is 0.337 e. The van der Waals surface area contributed by atoms with Crippen LogP contribution in [0, 0.1) is 0 Å². The van der Waals surface area contributed by atoms with Crippen molar-refractivity contribution in [3.63, 3.8) is 0 Å². The summed E-state index contributed by atoms with van der Waals surface area (Å²) in [5.74, 6) is -0.858. The fourth-order valence-corrected chi connectivity index (χ4v) is 4.03. The van der Waals surface area contributed by atoms with Crippen LogP contribution in [0.5, 0.6) is 0 Å². The van der Waals surface area contributed by atoms with Gasteiger partial charge in [-0.05, 0) is 29.7 Å². The van der Waals surface area contributed by atoms with Crippen molar-refractivity contribution in [2.45, 2.75) is 24.7 Å². The predicted octanol–water partition coefficient (Wildman–Crippen LogP) is 3.70. The molecule has 0 saturated carbocycles. The molecule has 1 heterocycles. The summed E-state index contributed by atoms with van der Waals surface area (Å²) in [5.41, 5.74) is 1.35. The SMILES string of the molecule is CC(C)c1ccc(S(=O)(=O)n2cc(C(=O)O)c3ccccc32)cc1. The number of benzene rings is 2. The van der Waals surface area contributed by atoms with Crippen LogP contribution in [0.1, 0.15) is 35.7 Å². The second-order valence-electron chi connectivity index (χ2n) is 5.89. The highest BCUT2D eigenvalue weighted by Gasteiger charge is 2.23. The van der Waals surface area contributed by atoms with Crippen molar-refractivity contribution >= 4 is 26.9 Å². The van der Waals surface area contributed by atoms with Gasteiger partial charge < -0.3 is 5.11 Å². The van der Waals surface area contributed by atoms with Crippen LogP contribution in [0.3, 0.4) is 0 Å². The molecule has 0 spiro atoms. The summed E-state index contributed by atoms with van der Waals surface area (Å²) in [6.07, 6.45) is 1.17. The smallest absolute Gasteiger partial charge is 0.337 e. The molecular formula is C18H17NO4S. The number of hydrogen-bond acceptors (Lipinski definition) is 3. The van der Waals surface area contributed by atoms with Crippen LogP contribution in [0.4, 0.5) is 0 Å². The highest BCUT2D eigenvalue weighted by Crippen LogP contribution is 2.26. The first kappa shape index (κ1) is 16.3. The number of rotatable bonds is 4. The second-order valence-corrected chi connectivity index (χ2v) is 7.70. The Hall–Kier alpha value is -2.60. The molecule has 2 aromatic carbocycles. The number of carboxylic acids is 1. The first-order chi connectivity index (χ1) is 11.3. The largest absolute Gasteiger partial charge is 0.478 e. The third-order valence-electron chi connectivity index (χ3n) is 4.01. The Bertz CT molecular complexity index is 1010. The predicted molar refractivity (Wildman–Crippen MR) is 92.0 cm³/mol. The molecule has 5 nitrogen and oxygen atoms in total. The van der Waals surface area contributed by atoms with Crippen molar-refractivity contribution in [1.29, 1.82) is 0 Å². The Morgan fingerprint density at radius 3 is 2.25 bits per heavy atom. The standard InChI is InChI=1S/C18H17NO4S/c1-12(2)13-7-9-14(10-8-13)24(22,23)19-11-16(18(20)21)15-5-3-4-6-17(15)19/h3-12H,1-2H3,(H,20,21). The molecule has 0 saturated heterocycles.